The first-order valence-electron chi connectivity index (χ1n) is 8.95. The maximum atomic E-state index is 4.44. The third kappa shape index (κ3) is 3.34. The molecule has 0 unspecified atom stereocenters. The SMILES string of the molecule is CCC(C)(C)n1nnnc1[C@@H](c1cccnc1)N1CCC[C@@H](C)C1. The number of rotatable bonds is 5. The molecule has 0 bridgehead atoms. The lowest BCUT2D eigenvalue weighted by molar-refractivity contribution is 0.135. The molecule has 1 aliphatic heterocycles. The van der Waals surface area contributed by atoms with Gasteiger partial charge in [0.15, 0.2) is 5.82 Å². The quantitative estimate of drug-likeness (QED) is 0.844. The van der Waals surface area contributed by atoms with E-state index >= 15 is 0 Å². The van der Waals surface area contributed by atoms with E-state index in [1.807, 2.05) is 23.1 Å². The van der Waals surface area contributed by atoms with Crippen molar-refractivity contribution in [3.8, 4) is 0 Å². The Hall–Kier alpha value is -1.82. The monoisotopic (exact) mass is 328 g/mol. The van der Waals surface area contributed by atoms with Crippen molar-refractivity contribution in [3.05, 3.63) is 35.9 Å². The summed E-state index contributed by atoms with van der Waals surface area (Å²) in [5.74, 6) is 1.62. The van der Waals surface area contributed by atoms with Crippen molar-refractivity contribution in [2.45, 2.75) is 58.5 Å². The molecule has 0 radical (unpaired) electrons. The molecule has 0 saturated carbocycles. The second-order valence-corrected chi connectivity index (χ2v) is 7.55. The van der Waals surface area contributed by atoms with Crippen molar-refractivity contribution in [1.29, 1.82) is 0 Å². The van der Waals surface area contributed by atoms with Gasteiger partial charge >= 0.3 is 0 Å². The zero-order valence-electron chi connectivity index (χ0n) is 15.2. The molecular weight excluding hydrogens is 300 g/mol. The average molecular weight is 328 g/mol. The van der Waals surface area contributed by atoms with Crippen LogP contribution < -0.4 is 0 Å². The smallest absolute Gasteiger partial charge is 0.173 e. The number of pyridine rings is 1. The van der Waals surface area contributed by atoms with Crippen LogP contribution in [-0.4, -0.2) is 43.2 Å². The Labute approximate surface area is 144 Å². The molecule has 2 aromatic rings. The van der Waals surface area contributed by atoms with E-state index in [-0.39, 0.29) is 11.6 Å². The Kier molecular flexibility index (Phi) is 4.94. The van der Waals surface area contributed by atoms with Crippen LogP contribution >= 0.6 is 0 Å². The highest BCUT2D eigenvalue weighted by Crippen LogP contribution is 2.33. The summed E-state index contributed by atoms with van der Waals surface area (Å²) in [4.78, 5) is 6.85. The number of hydrogen-bond acceptors (Lipinski definition) is 5. The van der Waals surface area contributed by atoms with Gasteiger partial charge in [-0.1, -0.05) is 19.9 Å². The summed E-state index contributed by atoms with van der Waals surface area (Å²) < 4.78 is 2.00. The van der Waals surface area contributed by atoms with E-state index in [2.05, 4.69) is 59.2 Å². The summed E-state index contributed by atoms with van der Waals surface area (Å²) in [6.45, 7) is 11.0. The zero-order valence-corrected chi connectivity index (χ0v) is 15.2. The second kappa shape index (κ2) is 6.97. The number of hydrogen-bond donors (Lipinski definition) is 0. The van der Waals surface area contributed by atoms with Gasteiger partial charge in [-0.2, -0.15) is 0 Å². The Balaban J connectivity index is 2.05. The zero-order chi connectivity index (χ0) is 17.2. The van der Waals surface area contributed by atoms with Gasteiger partial charge in [0, 0.05) is 18.9 Å². The van der Waals surface area contributed by atoms with Gasteiger partial charge < -0.3 is 0 Å². The lowest BCUT2D eigenvalue weighted by Gasteiger charge is -2.37. The molecule has 6 heteroatoms. The van der Waals surface area contributed by atoms with Crippen LogP contribution in [0, 0.1) is 5.92 Å². The molecule has 1 saturated heterocycles. The van der Waals surface area contributed by atoms with Gasteiger partial charge in [-0.05, 0) is 67.6 Å². The third-order valence-electron chi connectivity index (χ3n) is 5.23. The third-order valence-corrected chi connectivity index (χ3v) is 5.23. The normalized spacial score (nSPS) is 20.9. The number of piperidine rings is 1. The number of nitrogens with zero attached hydrogens (tertiary/aromatic N) is 6. The molecule has 2 atom stereocenters. The van der Waals surface area contributed by atoms with E-state index in [1.165, 1.54) is 12.8 Å². The molecule has 130 valence electrons. The lowest BCUT2D eigenvalue weighted by Crippen LogP contribution is -2.40. The molecule has 1 aliphatic rings. The summed E-state index contributed by atoms with van der Waals surface area (Å²) >= 11 is 0. The number of aromatic nitrogens is 5. The minimum Gasteiger partial charge on any atom is -0.289 e. The number of likely N-dealkylation sites (tertiary alicyclic amines) is 1. The number of tetrazole rings is 1. The largest absolute Gasteiger partial charge is 0.289 e. The van der Waals surface area contributed by atoms with E-state index in [9.17, 15) is 0 Å². The first-order chi connectivity index (χ1) is 11.5. The van der Waals surface area contributed by atoms with Crippen molar-refractivity contribution >= 4 is 0 Å². The highest BCUT2D eigenvalue weighted by atomic mass is 15.6. The Morgan fingerprint density at radius 3 is 2.88 bits per heavy atom. The maximum absolute atomic E-state index is 4.44. The predicted molar refractivity (Wildman–Crippen MR) is 93.5 cm³/mol. The Bertz CT molecular complexity index is 651. The van der Waals surface area contributed by atoms with E-state index in [0.29, 0.717) is 5.92 Å². The summed E-state index contributed by atoms with van der Waals surface area (Å²) in [5, 5.41) is 12.8. The van der Waals surface area contributed by atoms with E-state index in [0.717, 1.165) is 30.9 Å². The van der Waals surface area contributed by atoms with E-state index in [1.54, 1.807) is 0 Å². The molecule has 3 heterocycles. The summed E-state index contributed by atoms with van der Waals surface area (Å²) in [6, 6.07) is 4.19. The van der Waals surface area contributed by atoms with Crippen LogP contribution in [0.3, 0.4) is 0 Å². The average Bonchev–Trinajstić information content (AvgIpc) is 3.06. The van der Waals surface area contributed by atoms with Crippen LogP contribution in [0.2, 0.25) is 0 Å². The van der Waals surface area contributed by atoms with E-state index < -0.39 is 0 Å². The predicted octanol–water partition coefficient (Wildman–Crippen LogP) is 3.03. The molecule has 6 nitrogen and oxygen atoms in total. The minimum absolute atomic E-state index is 0.0577. The van der Waals surface area contributed by atoms with E-state index in [4.69, 9.17) is 0 Å². The van der Waals surface area contributed by atoms with Crippen LogP contribution in [0.1, 0.15) is 64.4 Å². The van der Waals surface area contributed by atoms with Crippen molar-refractivity contribution in [3.63, 3.8) is 0 Å². The molecule has 3 rings (SSSR count). The van der Waals surface area contributed by atoms with Gasteiger partial charge in [0.2, 0.25) is 0 Å². The molecular formula is C18H28N6. The fourth-order valence-corrected chi connectivity index (χ4v) is 3.47. The van der Waals surface area contributed by atoms with Crippen LogP contribution in [0.15, 0.2) is 24.5 Å². The first kappa shape index (κ1) is 17.0. The van der Waals surface area contributed by atoms with Crippen LogP contribution in [0.5, 0.6) is 0 Å². The standard InChI is InChI=1S/C18H28N6/c1-5-18(3,4)24-17(20-21-22-24)16(15-9-6-10-19-12-15)23-11-7-8-14(2)13-23/h6,9-10,12,14,16H,5,7-8,11,13H2,1-4H3/t14-,16-/m1/s1. The topological polar surface area (TPSA) is 59.7 Å². The maximum Gasteiger partial charge on any atom is 0.173 e. The van der Waals surface area contributed by atoms with Crippen LogP contribution in [0.4, 0.5) is 0 Å². The summed E-state index contributed by atoms with van der Waals surface area (Å²) in [6.07, 6.45) is 7.25. The van der Waals surface area contributed by atoms with Gasteiger partial charge in [-0.15, -0.1) is 5.10 Å². The van der Waals surface area contributed by atoms with Gasteiger partial charge in [0.05, 0.1) is 11.6 Å². The molecule has 0 N–H and O–H groups in total. The van der Waals surface area contributed by atoms with Gasteiger partial charge in [0.25, 0.3) is 0 Å². The Morgan fingerprint density at radius 2 is 2.21 bits per heavy atom. The molecule has 24 heavy (non-hydrogen) atoms. The molecule has 1 fully saturated rings. The minimum atomic E-state index is -0.110. The fourth-order valence-electron chi connectivity index (χ4n) is 3.47. The Morgan fingerprint density at radius 1 is 1.38 bits per heavy atom. The van der Waals surface area contributed by atoms with Crippen LogP contribution in [0.25, 0.3) is 0 Å². The van der Waals surface area contributed by atoms with Crippen molar-refractivity contribution in [1.82, 2.24) is 30.1 Å². The first-order valence-corrected chi connectivity index (χ1v) is 8.95. The van der Waals surface area contributed by atoms with Crippen molar-refractivity contribution in [2.75, 3.05) is 13.1 Å². The molecule has 0 aromatic carbocycles. The highest BCUT2D eigenvalue weighted by Gasteiger charge is 2.34. The van der Waals surface area contributed by atoms with Crippen molar-refractivity contribution < 1.29 is 0 Å². The molecule has 0 spiro atoms. The fraction of sp³-hybridized carbons (Fsp3) is 0.667. The van der Waals surface area contributed by atoms with Gasteiger partial charge in [0.1, 0.15) is 0 Å². The van der Waals surface area contributed by atoms with Gasteiger partial charge in [-0.25, -0.2) is 4.68 Å². The molecule has 0 aliphatic carbocycles. The summed E-state index contributed by atoms with van der Waals surface area (Å²) in [5.41, 5.74) is 1.05. The summed E-state index contributed by atoms with van der Waals surface area (Å²) in [7, 11) is 0. The molecule has 0 amide bonds. The van der Waals surface area contributed by atoms with Crippen molar-refractivity contribution in [2.24, 2.45) is 5.92 Å². The molecule has 2 aromatic heterocycles. The lowest BCUT2D eigenvalue weighted by atomic mass is 9.95. The van der Waals surface area contributed by atoms with Gasteiger partial charge in [-0.3, -0.25) is 9.88 Å². The highest BCUT2D eigenvalue weighted by molar-refractivity contribution is 5.22. The van der Waals surface area contributed by atoms with Crippen LogP contribution in [-0.2, 0) is 5.54 Å². The second-order valence-electron chi connectivity index (χ2n) is 7.55.